The lowest BCUT2D eigenvalue weighted by Crippen LogP contribution is -2.24. The lowest BCUT2D eigenvalue weighted by Gasteiger charge is -2.30. The molecule has 0 aliphatic heterocycles. The van der Waals surface area contributed by atoms with Crippen LogP contribution in [-0.4, -0.2) is 27.8 Å². The molecule has 1 heterocycles. The Kier molecular flexibility index (Phi) is 6.10. The van der Waals surface area contributed by atoms with Crippen LogP contribution < -0.4 is 5.32 Å². The van der Waals surface area contributed by atoms with Crippen LogP contribution in [-0.2, 0) is 4.79 Å². The van der Waals surface area contributed by atoms with E-state index in [1.807, 2.05) is 0 Å². The topological polar surface area (TPSA) is 98.9 Å². The van der Waals surface area contributed by atoms with Crippen LogP contribution >= 0.6 is 0 Å². The Morgan fingerprint density at radius 2 is 2.19 bits per heavy atom. The van der Waals surface area contributed by atoms with E-state index < -0.39 is 5.97 Å². The van der Waals surface area contributed by atoms with Crippen LogP contribution in [0, 0.1) is 22.7 Å². The van der Waals surface area contributed by atoms with Crippen LogP contribution in [0.2, 0.25) is 0 Å². The van der Waals surface area contributed by atoms with Crippen molar-refractivity contribution in [1.82, 2.24) is 10.2 Å². The van der Waals surface area contributed by atoms with E-state index in [2.05, 4.69) is 42.4 Å². The molecule has 0 radical (unpaired) electrons. The minimum absolute atomic E-state index is 0.0392. The first-order chi connectivity index (χ1) is 9.84. The molecule has 0 fully saturated rings. The smallest absolute Gasteiger partial charge is 0.303 e. The number of carbonyl (C=O) groups is 1. The van der Waals surface area contributed by atoms with Gasteiger partial charge in [0.05, 0.1) is 11.8 Å². The molecule has 1 unspecified atom stereocenters. The third kappa shape index (κ3) is 5.78. The van der Waals surface area contributed by atoms with Crippen LogP contribution in [0.4, 0.5) is 5.82 Å². The number of aromatic nitrogens is 2. The Balaban J connectivity index is 2.57. The molecular weight excluding hydrogens is 268 g/mol. The van der Waals surface area contributed by atoms with Gasteiger partial charge in [0.1, 0.15) is 6.07 Å². The largest absolute Gasteiger partial charge is 0.481 e. The van der Waals surface area contributed by atoms with E-state index in [9.17, 15) is 4.79 Å². The summed E-state index contributed by atoms with van der Waals surface area (Å²) in [5.74, 6) is -0.00731. The fraction of sp³-hybridized carbons (Fsp3) is 0.600. The third-order valence-corrected chi connectivity index (χ3v) is 3.56. The molecule has 0 bridgehead atoms. The van der Waals surface area contributed by atoms with Crippen molar-refractivity contribution in [3.8, 4) is 6.07 Å². The van der Waals surface area contributed by atoms with Gasteiger partial charge in [0.2, 0.25) is 0 Å². The first kappa shape index (κ1) is 16.9. The van der Waals surface area contributed by atoms with Gasteiger partial charge in [-0.3, -0.25) is 4.79 Å². The quantitative estimate of drug-likeness (QED) is 0.801. The van der Waals surface area contributed by atoms with Crippen molar-refractivity contribution in [3.63, 3.8) is 0 Å². The third-order valence-electron chi connectivity index (χ3n) is 3.56. The van der Waals surface area contributed by atoms with Crippen LogP contribution in [0.25, 0.3) is 0 Å². The first-order valence-corrected chi connectivity index (χ1v) is 7.02. The molecule has 0 aliphatic carbocycles. The molecule has 0 amide bonds. The summed E-state index contributed by atoms with van der Waals surface area (Å²) in [6.45, 7) is 6.97. The molecule has 0 spiro atoms. The summed E-state index contributed by atoms with van der Waals surface area (Å²) in [5.41, 5.74) is 0.500. The van der Waals surface area contributed by atoms with Crippen molar-refractivity contribution in [3.05, 3.63) is 17.8 Å². The van der Waals surface area contributed by atoms with E-state index in [1.165, 1.54) is 6.20 Å². The Morgan fingerprint density at radius 3 is 2.76 bits per heavy atom. The zero-order chi connectivity index (χ0) is 15.9. The summed E-state index contributed by atoms with van der Waals surface area (Å²) in [7, 11) is 0. The molecule has 1 rings (SSSR count). The molecule has 1 atom stereocenters. The maximum Gasteiger partial charge on any atom is 0.303 e. The van der Waals surface area contributed by atoms with Crippen LogP contribution in [0.1, 0.15) is 45.6 Å². The summed E-state index contributed by atoms with van der Waals surface area (Å²) in [5, 5.41) is 28.6. The van der Waals surface area contributed by atoms with Gasteiger partial charge in [-0.15, -0.1) is 5.10 Å². The second kappa shape index (κ2) is 7.58. The van der Waals surface area contributed by atoms with Gasteiger partial charge in [-0.2, -0.15) is 10.4 Å². The molecule has 2 N–H and O–H groups in total. The Morgan fingerprint density at radius 1 is 1.48 bits per heavy atom. The van der Waals surface area contributed by atoms with Gasteiger partial charge < -0.3 is 10.4 Å². The van der Waals surface area contributed by atoms with E-state index in [4.69, 9.17) is 10.4 Å². The molecule has 0 saturated heterocycles. The first-order valence-electron chi connectivity index (χ1n) is 7.02. The van der Waals surface area contributed by atoms with Gasteiger partial charge in [0.15, 0.2) is 5.82 Å². The van der Waals surface area contributed by atoms with Gasteiger partial charge >= 0.3 is 5.97 Å². The molecule has 6 heteroatoms. The fourth-order valence-corrected chi connectivity index (χ4v) is 2.23. The lowest BCUT2D eigenvalue weighted by atomic mass is 9.76. The second-order valence-corrected chi connectivity index (χ2v) is 6.12. The van der Waals surface area contributed by atoms with E-state index in [0.717, 1.165) is 6.42 Å². The van der Waals surface area contributed by atoms with Gasteiger partial charge in [0.25, 0.3) is 0 Å². The highest BCUT2D eigenvalue weighted by Gasteiger charge is 2.24. The number of nitriles is 1. The Bertz CT molecular complexity index is 517. The van der Waals surface area contributed by atoms with E-state index in [-0.39, 0.29) is 17.8 Å². The molecular formula is C15H22N4O2. The summed E-state index contributed by atoms with van der Waals surface area (Å²) in [6.07, 6.45) is 3.12. The molecule has 1 aromatic heterocycles. The summed E-state index contributed by atoms with van der Waals surface area (Å²) in [6, 6.07) is 3.67. The number of carboxylic acid groups (broad SMARTS) is 1. The van der Waals surface area contributed by atoms with Crippen molar-refractivity contribution in [2.75, 3.05) is 11.9 Å². The van der Waals surface area contributed by atoms with Crippen molar-refractivity contribution in [2.45, 2.75) is 40.0 Å². The highest BCUT2D eigenvalue weighted by Crippen LogP contribution is 2.32. The minimum Gasteiger partial charge on any atom is -0.481 e. The monoisotopic (exact) mass is 290 g/mol. The SMILES string of the molecule is CC(C)(C)C(CCNc1nnccc1C#N)CCC(=O)O. The molecule has 6 nitrogen and oxygen atoms in total. The molecule has 1 aromatic rings. The minimum atomic E-state index is -0.766. The maximum absolute atomic E-state index is 10.7. The van der Waals surface area contributed by atoms with Crippen molar-refractivity contribution in [1.29, 1.82) is 5.26 Å². The normalized spacial score (nSPS) is 12.5. The standard InChI is InChI=1S/C15H22N4O2/c1-15(2,3)12(4-5-13(20)21)7-8-17-14-11(10-16)6-9-18-19-14/h6,9,12H,4-5,7-8H2,1-3H3,(H,17,19)(H,20,21). The van der Waals surface area contributed by atoms with E-state index >= 15 is 0 Å². The van der Waals surface area contributed by atoms with Gasteiger partial charge in [-0.1, -0.05) is 20.8 Å². The maximum atomic E-state index is 10.7. The van der Waals surface area contributed by atoms with Crippen LogP contribution in [0.5, 0.6) is 0 Å². The molecule has 21 heavy (non-hydrogen) atoms. The number of nitrogens with zero attached hydrogens (tertiary/aromatic N) is 3. The molecule has 114 valence electrons. The van der Waals surface area contributed by atoms with E-state index in [0.29, 0.717) is 24.3 Å². The zero-order valence-electron chi connectivity index (χ0n) is 12.8. The number of hydrogen-bond acceptors (Lipinski definition) is 5. The fourth-order valence-electron chi connectivity index (χ4n) is 2.23. The summed E-state index contributed by atoms with van der Waals surface area (Å²) in [4.78, 5) is 10.7. The van der Waals surface area contributed by atoms with Gasteiger partial charge in [-0.25, -0.2) is 0 Å². The number of anilines is 1. The molecule has 0 aromatic carbocycles. The highest BCUT2D eigenvalue weighted by atomic mass is 16.4. The predicted molar refractivity (Wildman–Crippen MR) is 79.7 cm³/mol. The number of carboxylic acids is 1. The zero-order valence-corrected chi connectivity index (χ0v) is 12.8. The Labute approximate surface area is 125 Å². The van der Waals surface area contributed by atoms with Crippen molar-refractivity contribution < 1.29 is 9.90 Å². The second-order valence-electron chi connectivity index (χ2n) is 6.12. The van der Waals surface area contributed by atoms with Crippen molar-refractivity contribution in [2.24, 2.45) is 11.3 Å². The van der Waals surface area contributed by atoms with Gasteiger partial charge in [0, 0.05) is 13.0 Å². The lowest BCUT2D eigenvalue weighted by molar-refractivity contribution is -0.137. The van der Waals surface area contributed by atoms with Crippen molar-refractivity contribution >= 4 is 11.8 Å². The number of aliphatic carboxylic acids is 1. The summed E-state index contributed by atoms with van der Waals surface area (Å²) < 4.78 is 0. The predicted octanol–water partition coefficient (Wildman–Crippen LogP) is 2.68. The number of rotatable bonds is 7. The van der Waals surface area contributed by atoms with Crippen LogP contribution in [0.15, 0.2) is 12.3 Å². The molecule has 0 saturated carbocycles. The number of hydrogen-bond donors (Lipinski definition) is 2. The number of nitrogens with one attached hydrogen (secondary N) is 1. The average molecular weight is 290 g/mol. The van der Waals surface area contributed by atoms with Gasteiger partial charge in [-0.05, 0) is 30.2 Å². The molecule has 0 aliphatic rings. The Hall–Kier alpha value is -2.16. The summed E-state index contributed by atoms with van der Waals surface area (Å²) >= 11 is 0. The average Bonchev–Trinajstić information content (AvgIpc) is 2.41. The highest BCUT2D eigenvalue weighted by molar-refractivity contribution is 5.66. The van der Waals surface area contributed by atoms with E-state index in [1.54, 1.807) is 6.07 Å². The van der Waals surface area contributed by atoms with Crippen LogP contribution in [0.3, 0.4) is 0 Å².